The Morgan fingerprint density at radius 1 is 1.15 bits per heavy atom. The minimum Gasteiger partial charge on any atom is -0.368 e. The van der Waals surface area contributed by atoms with E-state index in [1.165, 1.54) is 0 Å². The second kappa shape index (κ2) is 7.65. The van der Waals surface area contributed by atoms with Crippen LogP contribution in [0.4, 0.5) is 5.69 Å². The molecule has 3 aromatic heterocycles. The highest BCUT2D eigenvalue weighted by Gasteiger charge is 2.21. The summed E-state index contributed by atoms with van der Waals surface area (Å²) in [7, 11) is 0. The van der Waals surface area contributed by atoms with E-state index in [4.69, 9.17) is 4.52 Å². The van der Waals surface area contributed by atoms with Crippen molar-refractivity contribution in [1.82, 2.24) is 20.0 Å². The highest BCUT2D eigenvalue weighted by Crippen LogP contribution is 2.19. The molecule has 3 aromatic rings. The number of aryl methyl sites for hydroxylation is 1. The molecule has 134 valence electrons. The molecule has 0 saturated carbocycles. The Kier molecular flexibility index (Phi) is 4.92. The average molecular weight is 369 g/mol. The van der Waals surface area contributed by atoms with E-state index >= 15 is 0 Å². The monoisotopic (exact) mass is 369 g/mol. The second-order valence-corrected chi connectivity index (χ2v) is 6.88. The molecule has 0 unspecified atom stereocenters. The van der Waals surface area contributed by atoms with Crippen LogP contribution in [0.15, 0.2) is 45.9 Å². The van der Waals surface area contributed by atoms with Crippen molar-refractivity contribution in [2.45, 2.75) is 12.8 Å². The van der Waals surface area contributed by atoms with Gasteiger partial charge in [0.05, 0.1) is 0 Å². The predicted molar refractivity (Wildman–Crippen MR) is 99.0 cm³/mol. The average Bonchev–Trinajstić information content (AvgIpc) is 3.38. The van der Waals surface area contributed by atoms with Crippen LogP contribution in [0.1, 0.15) is 12.3 Å². The van der Waals surface area contributed by atoms with Crippen molar-refractivity contribution in [3.05, 3.63) is 47.2 Å². The van der Waals surface area contributed by atoms with Crippen molar-refractivity contribution in [2.75, 3.05) is 31.1 Å². The molecule has 0 aliphatic carbocycles. The molecule has 1 aliphatic heterocycles. The van der Waals surface area contributed by atoms with Gasteiger partial charge in [-0.25, -0.2) is 0 Å². The van der Waals surface area contributed by atoms with Gasteiger partial charge in [-0.3, -0.25) is 9.78 Å². The van der Waals surface area contributed by atoms with Crippen molar-refractivity contribution in [3.63, 3.8) is 0 Å². The topological polar surface area (TPSA) is 75.4 Å². The van der Waals surface area contributed by atoms with Crippen LogP contribution in [0.5, 0.6) is 0 Å². The molecule has 8 heteroatoms. The number of hydrogen-bond donors (Lipinski definition) is 0. The summed E-state index contributed by atoms with van der Waals surface area (Å²) in [6.45, 7) is 3.12. The quantitative estimate of drug-likeness (QED) is 0.688. The molecule has 1 amide bonds. The van der Waals surface area contributed by atoms with E-state index in [0.717, 1.165) is 37.4 Å². The number of carbonyl (C=O) groups is 1. The molecule has 0 atom stereocenters. The lowest BCUT2D eigenvalue weighted by atomic mass is 10.2. The smallest absolute Gasteiger partial charge is 0.227 e. The van der Waals surface area contributed by atoms with Crippen molar-refractivity contribution >= 4 is 22.9 Å². The molecule has 4 heterocycles. The van der Waals surface area contributed by atoms with Crippen LogP contribution in [0.3, 0.4) is 0 Å². The standard InChI is InChI=1S/C18H19N5O2S/c24-17(2-1-16-20-18(21-25-16)14-5-12-26-13-14)23-10-8-22(9-11-23)15-3-6-19-7-4-15/h3-7,12-13H,1-2,8-11H2. The molecular formula is C18H19N5O2S. The van der Waals surface area contributed by atoms with E-state index in [1.54, 1.807) is 23.7 Å². The van der Waals surface area contributed by atoms with Crippen LogP contribution < -0.4 is 4.90 Å². The van der Waals surface area contributed by atoms with Crippen LogP contribution in [0.2, 0.25) is 0 Å². The first-order valence-corrected chi connectivity index (χ1v) is 9.52. The van der Waals surface area contributed by atoms with Gasteiger partial charge in [-0.15, -0.1) is 0 Å². The van der Waals surface area contributed by atoms with E-state index in [9.17, 15) is 4.79 Å². The van der Waals surface area contributed by atoms with Crippen molar-refractivity contribution in [2.24, 2.45) is 0 Å². The van der Waals surface area contributed by atoms with Gasteiger partial charge in [0.15, 0.2) is 0 Å². The SMILES string of the molecule is O=C(CCc1nc(-c2ccsc2)no1)N1CCN(c2ccncc2)CC1. The van der Waals surface area contributed by atoms with E-state index in [1.807, 2.05) is 33.9 Å². The van der Waals surface area contributed by atoms with Gasteiger partial charge in [-0.1, -0.05) is 5.16 Å². The van der Waals surface area contributed by atoms with Gasteiger partial charge in [-0.2, -0.15) is 16.3 Å². The molecule has 1 fully saturated rings. The number of aromatic nitrogens is 3. The van der Waals surface area contributed by atoms with Gasteiger partial charge in [0, 0.05) is 68.0 Å². The number of rotatable bonds is 5. The molecule has 7 nitrogen and oxygen atoms in total. The lowest BCUT2D eigenvalue weighted by molar-refractivity contribution is -0.131. The third-order valence-electron chi connectivity index (χ3n) is 4.46. The number of piperazine rings is 1. The summed E-state index contributed by atoms with van der Waals surface area (Å²) < 4.78 is 5.26. The van der Waals surface area contributed by atoms with Crippen LogP contribution >= 0.6 is 11.3 Å². The minimum atomic E-state index is 0.134. The van der Waals surface area contributed by atoms with Gasteiger partial charge < -0.3 is 14.3 Å². The second-order valence-electron chi connectivity index (χ2n) is 6.10. The summed E-state index contributed by atoms with van der Waals surface area (Å²) in [6, 6.07) is 5.95. The summed E-state index contributed by atoms with van der Waals surface area (Å²) in [4.78, 5) is 25.1. The number of anilines is 1. The molecule has 1 saturated heterocycles. The lowest BCUT2D eigenvalue weighted by Gasteiger charge is -2.36. The Morgan fingerprint density at radius 2 is 1.96 bits per heavy atom. The Labute approximate surface area is 155 Å². The number of thiophene rings is 1. The van der Waals surface area contributed by atoms with Crippen molar-refractivity contribution in [3.8, 4) is 11.4 Å². The van der Waals surface area contributed by atoms with Crippen molar-refractivity contribution < 1.29 is 9.32 Å². The first-order valence-electron chi connectivity index (χ1n) is 8.57. The molecule has 0 spiro atoms. The van der Waals surface area contributed by atoms with Gasteiger partial charge in [0.25, 0.3) is 0 Å². The molecule has 0 aromatic carbocycles. The van der Waals surface area contributed by atoms with Crippen LogP contribution in [0.25, 0.3) is 11.4 Å². The highest BCUT2D eigenvalue weighted by atomic mass is 32.1. The summed E-state index contributed by atoms with van der Waals surface area (Å²) in [5, 5.41) is 7.92. The number of pyridine rings is 1. The number of carbonyl (C=O) groups excluding carboxylic acids is 1. The summed E-state index contributed by atoms with van der Waals surface area (Å²) in [5.41, 5.74) is 2.10. The Hall–Kier alpha value is -2.74. The summed E-state index contributed by atoms with van der Waals surface area (Å²) >= 11 is 1.59. The van der Waals surface area contributed by atoms with Crippen LogP contribution in [-0.2, 0) is 11.2 Å². The van der Waals surface area contributed by atoms with E-state index in [-0.39, 0.29) is 5.91 Å². The highest BCUT2D eigenvalue weighted by molar-refractivity contribution is 7.08. The number of amides is 1. The van der Waals surface area contributed by atoms with E-state index < -0.39 is 0 Å². The summed E-state index contributed by atoms with van der Waals surface area (Å²) in [6.07, 6.45) is 4.45. The van der Waals surface area contributed by atoms with Gasteiger partial charge in [-0.05, 0) is 23.6 Å². The van der Waals surface area contributed by atoms with Crippen LogP contribution in [-0.4, -0.2) is 52.1 Å². The fourth-order valence-electron chi connectivity index (χ4n) is 3.01. The maximum absolute atomic E-state index is 12.5. The molecule has 1 aliphatic rings. The van der Waals surface area contributed by atoms with Gasteiger partial charge in [0.2, 0.25) is 17.6 Å². The molecule has 0 bridgehead atoms. The first-order chi connectivity index (χ1) is 12.8. The maximum atomic E-state index is 12.5. The molecule has 26 heavy (non-hydrogen) atoms. The zero-order valence-electron chi connectivity index (χ0n) is 14.2. The zero-order valence-corrected chi connectivity index (χ0v) is 15.1. The lowest BCUT2D eigenvalue weighted by Crippen LogP contribution is -2.48. The van der Waals surface area contributed by atoms with Gasteiger partial charge >= 0.3 is 0 Å². The maximum Gasteiger partial charge on any atom is 0.227 e. The fourth-order valence-corrected chi connectivity index (χ4v) is 3.64. The van der Waals surface area contributed by atoms with E-state index in [2.05, 4.69) is 20.0 Å². The predicted octanol–water partition coefficient (Wildman–Crippen LogP) is 2.47. The molecular weight excluding hydrogens is 350 g/mol. The van der Waals surface area contributed by atoms with E-state index in [0.29, 0.717) is 24.6 Å². The zero-order chi connectivity index (χ0) is 17.8. The third kappa shape index (κ3) is 3.75. The minimum absolute atomic E-state index is 0.134. The largest absolute Gasteiger partial charge is 0.368 e. The van der Waals surface area contributed by atoms with Crippen LogP contribution in [0, 0.1) is 0 Å². The Morgan fingerprint density at radius 3 is 2.69 bits per heavy atom. The molecule has 0 radical (unpaired) electrons. The van der Waals surface area contributed by atoms with Gasteiger partial charge in [0.1, 0.15) is 0 Å². The fraction of sp³-hybridized carbons (Fsp3) is 0.333. The number of nitrogens with zero attached hydrogens (tertiary/aromatic N) is 5. The third-order valence-corrected chi connectivity index (χ3v) is 5.14. The number of hydrogen-bond acceptors (Lipinski definition) is 7. The Bertz CT molecular complexity index is 842. The molecule has 4 rings (SSSR count). The normalized spacial score (nSPS) is 14.6. The van der Waals surface area contributed by atoms with Crippen molar-refractivity contribution in [1.29, 1.82) is 0 Å². The first kappa shape index (κ1) is 16.7. The molecule has 0 N–H and O–H groups in total. The Balaban J connectivity index is 1.27. The summed E-state index contributed by atoms with van der Waals surface area (Å²) in [5.74, 6) is 1.23.